The minimum Gasteiger partial charge on any atom is -0.478 e. The number of halogens is 1. The number of benzene rings is 1. The number of thioether (sulfide) groups is 1. The quantitative estimate of drug-likeness (QED) is 0.734. The summed E-state index contributed by atoms with van der Waals surface area (Å²) in [6.07, 6.45) is 0. The molecule has 0 bridgehead atoms. The second-order valence-corrected chi connectivity index (χ2v) is 4.82. The Kier molecular flexibility index (Phi) is 5.65. The first-order valence-electron chi connectivity index (χ1n) is 5.11. The lowest BCUT2D eigenvalue weighted by molar-refractivity contribution is -0.117. The average molecular weight is 303 g/mol. The Morgan fingerprint density at radius 1 is 1.37 bits per heavy atom. The zero-order valence-corrected chi connectivity index (χ0v) is 11.5. The van der Waals surface area contributed by atoms with Gasteiger partial charge in [0.1, 0.15) is 0 Å². The van der Waals surface area contributed by atoms with Crippen molar-refractivity contribution >= 4 is 41.3 Å². The van der Waals surface area contributed by atoms with Gasteiger partial charge in [-0.1, -0.05) is 11.6 Å². The van der Waals surface area contributed by atoms with Crippen LogP contribution < -0.4 is 10.6 Å². The fourth-order valence-corrected chi connectivity index (χ4v) is 2.07. The maximum Gasteiger partial charge on any atom is 0.337 e. The molecule has 0 radical (unpaired) electrons. The van der Waals surface area contributed by atoms with Gasteiger partial charge in [-0.3, -0.25) is 10.1 Å². The van der Waals surface area contributed by atoms with E-state index in [1.807, 2.05) is 0 Å². The van der Waals surface area contributed by atoms with Crippen molar-refractivity contribution in [1.82, 2.24) is 10.6 Å². The minimum absolute atomic E-state index is 0.00584. The van der Waals surface area contributed by atoms with Crippen LogP contribution in [-0.2, 0) is 4.79 Å². The lowest BCUT2D eigenvalue weighted by Crippen LogP contribution is -2.38. The van der Waals surface area contributed by atoms with Crippen molar-refractivity contribution in [3.05, 3.63) is 28.8 Å². The summed E-state index contributed by atoms with van der Waals surface area (Å²) in [5.74, 6) is -1.62. The standard InChI is InChI=1S/C11H11ClN2O4S/c1-13-11(18)14-9(15)5-19-6-2-3-8(12)7(4-6)10(16)17/h2-4H,5H2,1H3,(H,16,17)(H2,13,14,15,18). The monoisotopic (exact) mass is 302 g/mol. The van der Waals surface area contributed by atoms with E-state index in [4.69, 9.17) is 16.7 Å². The Morgan fingerprint density at radius 2 is 2.05 bits per heavy atom. The first-order chi connectivity index (χ1) is 8.93. The molecule has 0 unspecified atom stereocenters. The summed E-state index contributed by atoms with van der Waals surface area (Å²) >= 11 is 6.83. The van der Waals surface area contributed by atoms with Crippen LogP contribution in [0.3, 0.4) is 0 Å². The van der Waals surface area contributed by atoms with Gasteiger partial charge in [0.15, 0.2) is 0 Å². The second-order valence-electron chi connectivity index (χ2n) is 3.36. The van der Waals surface area contributed by atoms with E-state index < -0.39 is 17.9 Å². The number of urea groups is 1. The van der Waals surface area contributed by atoms with E-state index >= 15 is 0 Å². The van der Waals surface area contributed by atoms with Crippen LogP contribution in [0.2, 0.25) is 5.02 Å². The maximum atomic E-state index is 11.3. The number of hydrogen-bond donors (Lipinski definition) is 3. The molecule has 0 heterocycles. The first kappa shape index (κ1) is 15.3. The minimum atomic E-state index is -1.14. The van der Waals surface area contributed by atoms with Crippen LogP contribution in [0.5, 0.6) is 0 Å². The predicted molar refractivity (Wildman–Crippen MR) is 71.7 cm³/mol. The molecule has 6 nitrogen and oxygen atoms in total. The predicted octanol–water partition coefficient (Wildman–Crippen LogP) is 1.59. The van der Waals surface area contributed by atoms with Crippen LogP contribution in [0.1, 0.15) is 10.4 Å². The summed E-state index contributed by atoms with van der Waals surface area (Å²) in [4.78, 5) is 33.7. The highest BCUT2D eigenvalue weighted by atomic mass is 35.5. The molecule has 8 heteroatoms. The van der Waals surface area contributed by atoms with E-state index in [9.17, 15) is 14.4 Å². The second kappa shape index (κ2) is 7.01. The van der Waals surface area contributed by atoms with Gasteiger partial charge in [0.2, 0.25) is 5.91 Å². The summed E-state index contributed by atoms with van der Waals surface area (Å²) < 4.78 is 0. The van der Waals surface area contributed by atoms with Crippen molar-refractivity contribution in [1.29, 1.82) is 0 Å². The van der Waals surface area contributed by atoms with E-state index in [-0.39, 0.29) is 16.3 Å². The molecule has 1 rings (SSSR count). The van der Waals surface area contributed by atoms with Crippen LogP contribution in [-0.4, -0.2) is 35.8 Å². The molecule has 0 fully saturated rings. The third-order valence-corrected chi connectivity index (χ3v) is 3.34. The SMILES string of the molecule is CNC(=O)NC(=O)CSc1ccc(Cl)c(C(=O)O)c1. The number of nitrogens with one attached hydrogen (secondary N) is 2. The molecule has 0 aliphatic carbocycles. The fraction of sp³-hybridized carbons (Fsp3) is 0.182. The highest BCUT2D eigenvalue weighted by Crippen LogP contribution is 2.24. The summed E-state index contributed by atoms with van der Waals surface area (Å²) in [6.45, 7) is 0. The van der Waals surface area contributed by atoms with Crippen LogP contribution >= 0.6 is 23.4 Å². The number of amides is 3. The van der Waals surface area contributed by atoms with Gasteiger partial charge in [0.25, 0.3) is 0 Å². The van der Waals surface area contributed by atoms with Gasteiger partial charge < -0.3 is 10.4 Å². The molecule has 19 heavy (non-hydrogen) atoms. The van der Waals surface area contributed by atoms with E-state index in [0.717, 1.165) is 11.8 Å². The molecule has 1 aromatic rings. The van der Waals surface area contributed by atoms with Crippen LogP contribution in [0.15, 0.2) is 23.1 Å². The molecule has 0 aliphatic heterocycles. The van der Waals surface area contributed by atoms with Crippen molar-refractivity contribution < 1.29 is 19.5 Å². The summed E-state index contributed by atoms with van der Waals surface area (Å²) in [5.41, 5.74) is -0.0293. The third kappa shape index (κ3) is 4.80. The van der Waals surface area contributed by atoms with Gasteiger partial charge in [-0.05, 0) is 18.2 Å². The van der Waals surface area contributed by atoms with Crippen LogP contribution in [0.4, 0.5) is 4.79 Å². The number of aromatic carboxylic acids is 1. The smallest absolute Gasteiger partial charge is 0.337 e. The van der Waals surface area contributed by atoms with Crippen LogP contribution in [0, 0.1) is 0 Å². The molecule has 0 spiro atoms. The summed E-state index contributed by atoms with van der Waals surface area (Å²) in [5, 5.41) is 13.4. The Bertz CT molecular complexity index is 521. The molecule has 0 saturated heterocycles. The van der Waals surface area contributed by atoms with Crippen molar-refractivity contribution in [3.8, 4) is 0 Å². The van der Waals surface area contributed by atoms with Crippen molar-refractivity contribution in [3.63, 3.8) is 0 Å². The van der Waals surface area contributed by atoms with E-state index in [0.29, 0.717) is 4.90 Å². The number of hydrogen-bond acceptors (Lipinski definition) is 4. The Balaban J connectivity index is 2.63. The Morgan fingerprint density at radius 3 is 2.63 bits per heavy atom. The lowest BCUT2D eigenvalue weighted by atomic mass is 10.2. The van der Waals surface area contributed by atoms with Crippen molar-refractivity contribution in [2.45, 2.75) is 4.90 Å². The van der Waals surface area contributed by atoms with Crippen LogP contribution in [0.25, 0.3) is 0 Å². The largest absolute Gasteiger partial charge is 0.478 e. The molecule has 0 atom stereocenters. The van der Waals surface area contributed by atoms with E-state index in [1.54, 1.807) is 6.07 Å². The van der Waals surface area contributed by atoms with Gasteiger partial charge in [0.05, 0.1) is 16.3 Å². The number of carboxylic acids is 1. The average Bonchev–Trinajstić information content (AvgIpc) is 2.37. The van der Waals surface area contributed by atoms with E-state index in [2.05, 4.69) is 10.6 Å². The lowest BCUT2D eigenvalue weighted by Gasteiger charge is -2.05. The van der Waals surface area contributed by atoms with Gasteiger partial charge in [0, 0.05) is 11.9 Å². The zero-order valence-electron chi connectivity index (χ0n) is 9.90. The number of carbonyl (C=O) groups excluding carboxylic acids is 2. The molecular weight excluding hydrogens is 292 g/mol. The maximum absolute atomic E-state index is 11.3. The molecule has 3 N–H and O–H groups in total. The summed E-state index contributed by atoms with van der Waals surface area (Å²) in [7, 11) is 1.40. The molecule has 0 aliphatic rings. The number of imide groups is 1. The summed E-state index contributed by atoms with van der Waals surface area (Å²) in [6, 6.07) is 3.84. The first-order valence-corrected chi connectivity index (χ1v) is 6.47. The van der Waals surface area contributed by atoms with E-state index in [1.165, 1.54) is 19.2 Å². The normalized spacial score (nSPS) is 9.79. The zero-order chi connectivity index (χ0) is 14.4. The molecule has 0 saturated carbocycles. The topological polar surface area (TPSA) is 95.5 Å². The molecular formula is C11H11ClN2O4S. The van der Waals surface area contributed by atoms with Gasteiger partial charge >= 0.3 is 12.0 Å². The number of carbonyl (C=O) groups is 3. The Labute approximate surface area is 118 Å². The van der Waals surface area contributed by atoms with Gasteiger partial charge in [-0.25, -0.2) is 9.59 Å². The van der Waals surface area contributed by atoms with Gasteiger partial charge in [-0.2, -0.15) is 0 Å². The molecule has 0 aromatic heterocycles. The van der Waals surface area contributed by atoms with Crippen molar-refractivity contribution in [2.75, 3.05) is 12.8 Å². The van der Waals surface area contributed by atoms with Gasteiger partial charge in [-0.15, -0.1) is 11.8 Å². The molecule has 3 amide bonds. The highest BCUT2D eigenvalue weighted by Gasteiger charge is 2.11. The third-order valence-electron chi connectivity index (χ3n) is 2.02. The molecule has 1 aromatic carbocycles. The number of carboxylic acid groups (broad SMARTS) is 1. The molecule has 102 valence electrons. The Hall–Kier alpha value is -1.73. The van der Waals surface area contributed by atoms with Crippen molar-refractivity contribution in [2.24, 2.45) is 0 Å². The number of rotatable bonds is 4. The fourth-order valence-electron chi connectivity index (χ4n) is 1.13. The highest BCUT2D eigenvalue weighted by molar-refractivity contribution is 8.00.